The molecule has 0 bridgehead atoms. The molecule has 0 spiro atoms. The van der Waals surface area contributed by atoms with Crippen LogP contribution in [0.5, 0.6) is 17.2 Å². The van der Waals surface area contributed by atoms with Crippen LogP contribution in [-0.4, -0.2) is 35.5 Å². The second-order valence-corrected chi connectivity index (χ2v) is 10.1. The molecular formula is C31H30F6O7. The Labute approximate surface area is 248 Å². The molecule has 0 unspecified atom stereocenters. The van der Waals surface area contributed by atoms with Gasteiger partial charge in [0.2, 0.25) is 0 Å². The van der Waals surface area contributed by atoms with E-state index in [0.717, 1.165) is 0 Å². The predicted octanol–water partition coefficient (Wildman–Crippen LogP) is 7.77. The third-order valence-corrected chi connectivity index (χ3v) is 7.08. The average molecular weight is 629 g/mol. The number of rotatable bonds is 9. The van der Waals surface area contributed by atoms with Crippen molar-refractivity contribution in [1.29, 1.82) is 0 Å². The normalized spacial score (nSPS) is 18.0. The van der Waals surface area contributed by atoms with Gasteiger partial charge < -0.3 is 29.2 Å². The maximum atomic E-state index is 12.6. The van der Waals surface area contributed by atoms with Crippen molar-refractivity contribution < 1.29 is 60.3 Å². The molecule has 2 N–H and O–H groups in total. The summed E-state index contributed by atoms with van der Waals surface area (Å²) >= 11 is 0. The molecule has 3 aromatic rings. The first-order valence-electron chi connectivity index (χ1n) is 13.8. The molecule has 0 heterocycles. The molecule has 3 aromatic carbocycles. The molecule has 0 fully saturated rings. The molecule has 13 heteroatoms. The van der Waals surface area contributed by atoms with E-state index in [1.54, 1.807) is 43.3 Å². The molecule has 2 aliphatic rings. The van der Waals surface area contributed by atoms with Gasteiger partial charge in [0.25, 0.3) is 0 Å². The summed E-state index contributed by atoms with van der Waals surface area (Å²) in [5, 5.41) is 18.5. The van der Waals surface area contributed by atoms with Crippen molar-refractivity contribution in [1.82, 2.24) is 0 Å². The zero-order valence-corrected chi connectivity index (χ0v) is 23.5. The van der Waals surface area contributed by atoms with Crippen LogP contribution in [0.25, 0.3) is 0 Å². The van der Waals surface area contributed by atoms with Gasteiger partial charge in [-0.3, -0.25) is 4.79 Å². The first-order valence-corrected chi connectivity index (χ1v) is 13.8. The minimum absolute atomic E-state index is 0.147. The third-order valence-electron chi connectivity index (χ3n) is 7.08. The number of fused-ring (bicyclic) bond motifs is 2. The highest BCUT2D eigenvalue weighted by Crippen LogP contribution is 2.41. The lowest BCUT2D eigenvalue weighted by Gasteiger charge is -2.18. The number of carboxylic acids is 1. The van der Waals surface area contributed by atoms with E-state index in [1.165, 1.54) is 24.3 Å². The molecule has 0 aliphatic heterocycles. The molecule has 44 heavy (non-hydrogen) atoms. The molecule has 3 atom stereocenters. The van der Waals surface area contributed by atoms with Gasteiger partial charge in [0.05, 0.1) is 18.6 Å². The average Bonchev–Trinajstić information content (AvgIpc) is 3.52. The smallest absolute Gasteiger partial charge is 0.486 e. The number of carbonyl (C=O) groups is 1. The van der Waals surface area contributed by atoms with E-state index in [-0.39, 0.29) is 24.0 Å². The number of carboxylic acid groups (broad SMARTS) is 1. The number of benzene rings is 3. The monoisotopic (exact) mass is 628 g/mol. The first kappa shape index (κ1) is 32.9. The van der Waals surface area contributed by atoms with Crippen molar-refractivity contribution in [2.45, 2.75) is 70.1 Å². The molecule has 238 valence electrons. The molecule has 5 rings (SSSR count). The SMILES string of the molecule is CCO[C@@H](CC(=O)O)c1ccc(O[C@@H]2CCc3c(OC(F)(F)F)cccc32)cc1.O[C@H]1CCc2c(OC(F)(F)F)cccc21. The van der Waals surface area contributed by atoms with Gasteiger partial charge in [-0.15, -0.1) is 26.3 Å². The molecule has 0 saturated carbocycles. The Bertz CT molecular complexity index is 1420. The summed E-state index contributed by atoms with van der Waals surface area (Å²) in [4.78, 5) is 11.0. The Kier molecular flexibility index (Phi) is 10.3. The number of aliphatic carboxylic acids is 1. The third kappa shape index (κ3) is 8.79. The Morgan fingerprint density at radius 2 is 1.39 bits per heavy atom. The Hall–Kier alpha value is -3.97. The van der Waals surface area contributed by atoms with Crippen molar-refractivity contribution >= 4 is 5.97 Å². The van der Waals surface area contributed by atoms with Crippen LogP contribution in [0, 0.1) is 0 Å². The molecule has 7 nitrogen and oxygen atoms in total. The molecule has 0 amide bonds. The summed E-state index contributed by atoms with van der Waals surface area (Å²) in [5.74, 6) is -0.802. The minimum Gasteiger partial charge on any atom is -0.486 e. The summed E-state index contributed by atoms with van der Waals surface area (Å²) in [6.45, 7) is 2.18. The maximum absolute atomic E-state index is 12.6. The quantitative estimate of drug-likeness (QED) is 0.234. The van der Waals surface area contributed by atoms with Crippen molar-refractivity contribution in [2.75, 3.05) is 6.61 Å². The second-order valence-electron chi connectivity index (χ2n) is 10.1. The van der Waals surface area contributed by atoms with Crippen LogP contribution in [0.2, 0.25) is 0 Å². The Balaban J connectivity index is 0.000000246. The lowest BCUT2D eigenvalue weighted by atomic mass is 10.1. The molecular weight excluding hydrogens is 598 g/mol. The van der Waals surface area contributed by atoms with Gasteiger partial charge >= 0.3 is 18.7 Å². The number of hydrogen-bond donors (Lipinski definition) is 2. The van der Waals surface area contributed by atoms with Gasteiger partial charge in [-0.1, -0.05) is 36.4 Å². The molecule has 0 radical (unpaired) electrons. The molecule has 0 aromatic heterocycles. The number of aliphatic hydroxyl groups excluding tert-OH is 1. The summed E-state index contributed by atoms with van der Waals surface area (Å²) < 4.78 is 93.3. The van der Waals surface area contributed by atoms with E-state index in [2.05, 4.69) is 9.47 Å². The minimum atomic E-state index is -4.74. The van der Waals surface area contributed by atoms with E-state index in [1.807, 2.05) is 0 Å². The van der Waals surface area contributed by atoms with Crippen LogP contribution in [0.1, 0.15) is 72.3 Å². The van der Waals surface area contributed by atoms with Crippen molar-refractivity contribution in [3.05, 3.63) is 88.5 Å². The fourth-order valence-corrected chi connectivity index (χ4v) is 5.30. The van der Waals surface area contributed by atoms with Crippen molar-refractivity contribution in [3.8, 4) is 17.2 Å². The van der Waals surface area contributed by atoms with Gasteiger partial charge in [0.15, 0.2) is 0 Å². The van der Waals surface area contributed by atoms with Crippen LogP contribution < -0.4 is 14.2 Å². The summed E-state index contributed by atoms with van der Waals surface area (Å²) in [6.07, 6.45) is -9.33. The van der Waals surface area contributed by atoms with Crippen molar-refractivity contribution in [2.24, 2.45) is 0 Å². The predicted molar refractivity (Wildman–Crippen MR) is 144 cm³/mol. The highest BCUT2D eigenvalue weighted by molar-refractivity contribution is 5.67. The fraction of sp³-hybridized carbons (Fsp3) is 0.387. The van der Waals surface area contributed by atoms with Gasteiger partial charge in [-0.25, -0.2) is 0 Å². The Morgan fingerprint density at radius 1 is 0.841 bits per heavy atom. The van der Waals surface area contributed by atoms with Crippen LogP contribution in [-0.2, 0) is 22.4 Å². The second kappa shape index (κ2) is 13.8. The number of ether oxygens (including phenoxy) is 4. The van der Waals surface area contributed by atoms with Crippen LogP contribution in [0.15, 0.2) is 60.7 Å². The van der Waals surface area contributed by atoms with Gasteiger partial charge in [-0.2, -0.15) is 0 Å². The van der Waals surface area contributed by atoms with E-state index < -0.39 is 30.9 Å². The van der Waals surface area contributed by atoms with Gasteiger partial charge in [0, 0.05) is 17.7 Å². The number of halogens is 6. The zero-order chi connectivity index (χ0) is 32.1. The fourth-order valence-electron chi connectivity index (χ4n) is 5.30. The Morgan fingerprint density at radius 3 is 1.93 bits per heavy atom. The summed E-state index contributed by atoms with van der Waals surface area (Å²) in [6, 6.07) is 15.8. The van der Waals surface area contributed by atoms with Crippen LogP contribution in [0.3, 0.4) is 0 Å². The van der Waals surface area contributed by atoms with Gasteiger partial charge in [0.1, 0.15) is 23.4 Å². The highest BCUT2D eigenvalue weighted by Gasteiger charge is 2.35. The van der Waals surface area contributed by atoms with E-state index in [4.69, 9.17) is 14.6 Å². The van der Waals surface area contributed by atoms with Gasteiger partial charge in [-0.05, 0) is 73.6 Å². The van der Waals surface area contributed by atoms with E-state index >= 15 is 0 Å². The standard InChI is InChI=1S/C21H21F3O5.C10H9F3O2/c1-2-27-19(12-20(25)26)13-6-8-14(9-7-13)28-17-11-10-16-15(17)4-3-5-18(16)29-21(22,23)24;11-10(12,13)15-9-3-1-2-6-7(9)4-5-8(6)14/h3-9,17,19H,2,10-12H2,1H3,(H,25,26);1-3,8,14H,4-5H2/t17-,19+;8-/m10/s1. The molecule has 0 saturated heterocycles. The maximum Gasteiger partial charge on any atom is 0.573 e. The largest absolute Gasteiger partial charge is 0.573 e. The van der Waals surface area contributed by atoms with E-state index in [0.29, 0.717) is 65.9 Å². The molecule has 2 aliphatic carbocycles. The topological polar surface area (TPSA) is 94.5 Å². The van der Waals surface area contributed by atoms with Crippen LogP contribution in [0.4, 0.5) is 26.3 Å². The number of alkyl halides is 6. The summed E-state index contributed by atoms with van der Waals surface area (Å²) in [7, 11) is 0. The van der Waals surface area contributed by atoms with Crippen LogP contribution >= 0.6 is 0 Å². The lowest BCUT2D eigenvalue weighted by Crippen LogP contribution is -2.18. The number of hydrogen-bond acceptors (Lipinski definition) is 6. The lowest BCUT2D eigenvalue weighted by molar-refractivity contribution is -0.275. The van der Waals surface area contributed by atoms with Crippen molar-refractivity contribution in [3.63, 3.8) is 0 Å². The number of aliphatic hydroxyl groups is 1. The highest BCUT2D eigenvalue weighted by atomic mass is 19.4. The summed E-state index contributed by atoms with van der Waals surface area (Å²) in [5.41, 5.74) is 2.89. The van der Waals surface area contributed by atoms with E-state index in [9.17, 15) is 36.2 Å². The first-order chi connectivity index (χ1) is 20.7. The zero-order valence-electron chi connectivity index (χ0n) is 23.5.